The zero-order chi connectivity index (χ0) is 16.8. The minimum atomic E-state index is -3.58. The smallest absolute Gasteiger partial charge is 0.313 e. The molecule has 1 heterocycles. The van der Waals surface area contributed by atoms with Crippen LogP contribution in [0.2, 0.25) is 0 Å². The minimum absolute atomic E-state index is 0.159. The molecule has 1 aliphatic carbocycles. The van der Waals surface area contributed by atoms with Gasteiger partial charge in [0.15, 0.2) is 5.75 Å². The van der Waals surface area contributed by atoms with E-state index in [4.69, 9.17) is 8.92 Å². The highest BCUT2D eigenvalue weighted by atomic mass is 79.9. The molecule has 0 bridgehead atoms. The maximum atomic E-state index is 12.3. The van der Waals surface area contributed by atoms with E-state index in [1.165, 1.54) is 0 Å². The van der Waals surface area contributed by atoms with Crippen molar-refractivity contribution >= 4 is 32.0 Å². The number of rotatable bonds is 4. The van der Waals surface area contributed by atoms with Crippen LogP contribution >= 0.6 is 15.9 Å². The Hall–Kier alpha value is -1.34. The number of hydrogen-bond acceptors (Lipinski definition) is 5. The Labute approximate surface area is 143 Å². The molecule has 0 spiro atoms. The van der Waals surface area contributed by atoms with Crippen molar-refractivity contribution in [2.24, 2.45) is 11.3 Å². The van der Waals surface area contributed by atoms with E-state index >= 15 is 0 Å². The number of ether oxygens (including phenoxy) is 1. The van der Waals surface area contributed by atoms with Crippen LogP contribution in [0.15, 0.2) is 34.8 Å². The molecule has 0 amide bonds. The van der Waals surface area contributed by atoms with E-state index in [0.29, 0.717) is 23.9 Å². The van der Waals surface area contributed by atoms with Gasteiger partial charge in [0.1, 0.15) is 0 Å². The minimum Gasteiger partial charge on any atom is -0.465 e. The lowest BCUT2D eigenvalue weighted by Crippen LogP contribution is -2.31. The van der Waals surface area contributed by atoms with Crippen LogP contribution in [-0.4, -0.2) is 27.2 Å². The molecule has 1 aromatic carbocycles. The Bertz CT molecular complexity index is 786. The van der Waals surface area contributed by atoms with Crippen molar-refractivity contribution in [3.05, 3.63) is 40.4 Å². The SMILES string of the molecule is C=C1CC2COC(=O)C2(Cc2ccc(OS(C)(=O)=O)c(Br)c2)C1. The first kappa shape index (κ1) is 16.5. The molecule has 1 aromatic rings. The Kier molecular flexibility index (Phi) is 4.04. The molecule has 1 saturated heterocycles. The summed E-state index contributed by atoms with van der Waals surface area (Å²) >= 11 is 3.32. The largest absolute Gasteiger partial charge is 0.465 e. The van der Waals surface area contributed by atoms with Crippen LogP contribution in [0.3, 0.4) is 0 Å². The van der Waals surface area contributed by atoms with E-state index in [0.717, 1.165) is 23.8 Å². The molecule has 0 N–H and O–H groups in total. The Morgan fingerprint density at radius 3 is 2.87 bits per heavy atom. The number of fused-ring (bicyclic) bond motifs is 1. The average molecular weight is 401 g/mol. The molecule has 0 aromatic heterocycles. The van der Waals surface area contributed by atoms with Crippen LogP contribution < -0.4 is 4.18 Å². The molecular formula is C16H17BrO5S. The normalized spacial score (nSPS) is 27.0. The first-order valence-electron chi connectivity index (χ1n) is 7.21. The van der Waals surface area contributed by atoms with Gasteiger partial charge < -0.3 is 8.92 Å². The number of cyclic esters (lactones) is 1. The van der Waals surface area contributed by atoms with Crippen LogP contribution in [-0.2, 0) is 26.1 Å². The summed E-state index contributed by atoms with van der Waals surface area (Å²) in [4.78, 5) is 12.3. The first-order valence-corrected chi connectivity index (χ1v) is 9.82. The maximum Gasteiger partial charge on any atom is 0.313 e. The summed E-state index contributed by atoms with van der Waals surface area (Å²) in [6.45, 7) is 4.48. The number of esters is 1. The average Bonchev–Trinajstić information content (AvgIpc) is 2.88. The number of carbonyl (C=O) groups excluding carboxylic acids is 1. The number of hydrogen-bond donors (Lipinski definition) is 0. The molecule has 1 saturated carbocycles. The lowest BCUT2D eigenvalue weighted by atomic mass is 9.75. The van der Waals surface area contributed by atoms with Gasteiger partial charge in [0, 0.05) is 5.92 Å². The summed E-state index contributed by atoms with van der Waals surface area (Å²) in [5, 5.41) is 0. The molecule has 0 radical (unpaired) electrons. The summed E-state index contributed by atoms with van der Waals surface area (Å²) in [6, 6.07) is 5.17. The van der Waals surface area contributed by atoms with Crippen molar-refractivity contribution in [2.75, 3.05) is 12.9 Å². The van der Waals surface area contributed by atoms with Crippen molar-refractivity contribution < 1.29 is 22.1 Å². The summed E-state index contributed by atoms with van der Waals surface area (Å²) < 4.78 is 33.2. The lowest BCUT2D eigenvalue weighted by Gasteiger charge is -2.24. The molecule has 1 aliphatic heterocycles. The monoisotopic (exact) mass is 400 g/mol. The van der Waals surface area contributed by atoms with E-state index in [-0.39, 0.29) is 17.6 Å². The van der Waals surface area contributed by atoms with Gasteiger partial charge in [-0.1, -0.05) is 18.2 Å². The summed E-state index contributed by atoms with van der Waals surface area (Å²) in [7, 11) is -3.58. The second-order valence-corrected chi connectivity index (χ2v) is 8.74. The molecule has 2 fully saturated rings. The lowest BCUT2D eigenvalue weighted by molar-refractivity contribution is -0.146. The third-order valence-electron chi connectivity index (χ3n) is 4.46. The van der Waals surface area contributed by atoms with Crippen LogP contribution in [0.1, 0.15) is 18.4 Å². The number of benzene rings is 1. The van der Waals surface area contributed by atoms with Gasteiger partial charge in [-0.25, -0.2) is 0 Å². The van der Waals surface area contributed by atoms with E-state index in [2.05, 4.69) is 22.5 Å². The van der Waals surface area contributed by atoms with Gasteiger partial charge in [0.2, 0.25) is 0 Å². The van der Waals surface area contributed by atoms with Gasteiger partial charge >= 0.3 is 16.1 Å². The van der Waals surface area contributed by atoms with E-state index < -0.39 is 15.5 Å². The third kappa shape index (κ3) is 3.17. The fourth-order valence-electron chi connectivity index (χ4n) is 3.51. The number of halogens is 1. The molecule has 5 nitrogen and oxygen atoms in total. The van der Waals surface area contributed by atoms with Gasteiger partial charge in [-0.05, 0) is 52.9 Å². The summed E-state index contributed by atoms with van der Waals surface area (Å²) in [5.74, 6) is 0.247. The predicted molar refractivity (Wildman–Crippen MR) is 88.6 cm³/mol. The summed E-state index contributed by atoms with van der Waals surface area (Å²) in [5.41, 5.74) is 1.48. The third-order valence-corrected chi connectivity index (χ3v) is 5.56. The van der Waals surface area contributed by atoms with Gasteiger partial charge in [0.05, 0.1) is 22.8 Å². The second kappa shape index (κ2) is 5.63. The topological polar surface area (TPSA) is 69.7 Å². The van der Waals surface area contributed by atoms with Crippen molar-refractivity contribution in [1.29, 1.82) is 0 Å². The Morgan fingerprint density at radius 1 is 1.48 bits per heavy atom. The predicted octanol–water partition coefficient (Wildman–Crippen LogP) is 2.84. The molecule has 2 aliphatic rings. The zero-order valence-electron chi connectivity index (χ0n) is 12.7. The van der Waals surface area contributed by atoms with Crippen LogP contribution in [0, 0.1) is 11.3 Å². The maximum absolute atomic E-state index is 12.3. The molecule has 2 atom stereocenters. The number of allylic oxidation sites excluding steroid dienone is 1. The van der Waals surface area contributed by atoms with Gasteiger partial charge in [-0.2, -0.15) is 8.42 Å². The first-order chi connectivity index (χ1) is 10.7. The highest BCUT2D eigenvalue weighted by Crippen LogP contribution is 2.52. The van der Waals surface area contributed by atoms with E-state index in [1.54, 1.807) is 18.2 Å². The zero-order valence-corrected chi connectivity index (χ0v) is 15.1. The van der Waals surface area contributed by atoms with E-state index in [9.17, 15) is 13.2 Å². The Balaban J connectivity index is 1.87. The molecule has 23 heavy (non-hydrogen) atoms. The summed E-state index contributed by atoms with van der Waals surface area (Å²) in [6.07, 6.45) is 3.01. The molecule has 7 heteroatoms. The molecular weight excluding hydrogens is 384 g/mol. The van der Waals surface area contributed by atoms with Crippen LogP contribution in [0.25, 0.3) is 0 Å². The fourth-order valence-corrected chi connectivity index (χ4v) is 4.60. The standard InChI is InChI=1S/C16H17BrO5S/c1-10-5-12-9-21-15(18)16(12,7-10)8-11-3-4-14(13(17)6-11)22-23(2,19)20/h3-4,6,12H,1,5,7-9H2,2H3. The number of carbonyl (C=O) groups is 1. The van der Waals surface area contributed by atoms with Gasteiger partial charge in [-0.3, -0.25) is 4.79 Å². The van der Waals surface area contributed by atoms with Crippen molar-refractivity contribution in [3.8, 4) is 5.75 Å². The van der Waals surface area contributed by atoms with Gasteiger partial charge in [0.25, 0.3) is 0 Å². The molecule has 3 rings (SSSR count). The van der Waals surface area contributed by atoms with Crippen molar-refractivity contribution in [3.63, 3.8) is 0 Å². The van der Waals surface area contributed by atoms with Crippen LogP contribution in [0.4, 0.5) is 0 Å². The van der Waals surface area contributed by atoms with Crippen molar-refractivity contribution in [1.82, 2.24) is 0 Å². The van der Waals surface area contributed by atoms with Crippen molar-refractivity contribution in [2.45, 2.75) is 19.3 Å². The highest BCUT2D eigenvalue weighted by Gasteiger charge is 2.55. The molecule has 2 unspecified atom stereocenters. The Morgan fingerprint density at radius 2 is 2.22 bits per heavy atom. The quantitative estimate of drug-likeness (QED) is 0.441. The van der Waals surface area contributed by atoms with Gasteiger partial charge in [-0.15, -0.1) is 0 Å². The van der Waals surface area contributed by atoms with E-state index in [1.807, 2.05) is 0 Å². The second-order valence-electron chi connectivity index (χ2n) is 6.31. The molecule has 124 valence electrons. The fraction of sp³-hybridized carbons (Fsp3) is 0.438. The highest BCUT2D eigenvalue weighted by molar-refractivity contribution is 9.10. The van der Waals surface area contributed by atoms with Crippen LogP contribution in [0.5, 0.6) is 5.75 Å².